The topological polar surface area (TPSA) is 106 Å². The second kappa shape index (κ2) is 9.49. The van der Waals surface area contributed by atoms with E-state index in [-0.39, 0.29) is 24.4 Å². The van der Waals surface area contributed by atoms with Crippen molar-refractivity contribution in [1.29, 1.82) is 0 Å². The quantitative estimate of drug-likeness (QED) is 0.206. The Morgan fingerprint density at radius 1 is 1.20 bits per heavy atom. The molecule has 0 amide bonds. The number of nitrogens with two attached hydrogens (primary N) is 1. The van der Waals surface area contributed by atoms with Crippen LogP contribution in [0.15, 0.2) is 52.4 Å². The first-order valence-electron chi connectivity index (χ1n) is 8.78. The number of nitrogens with one attached hydrogen (secondary N) is 1. The summed E-state index contributed by atoms with van der Waals surface area (Å²) < 4.78 is 33.6. The molecule has 0 aliphatic carbocycles. The Morgan fingerprint density at radius 2 is 1.93 bits per heavy atom. The first-order valence-corrected chi connectivity index (χ1v) is 9.58. The van der Waals surface area contributed by atoms with Crippen molar-refractivity contribution in [3.63, 3.8) is 0 Å². The molecule has 0 radical (unpaired) electrons. The number of aromatic nitrogens is 2. The van der Waals surface area contributed by atoms with Crippen LogP contribution in [0, 0.1) is 11.6 Å². The van der Waals surface area contributed by atoms with Crippen molar-refractivity contribution >= 4 is 27.6 Å². The van der Waals surface area contributed by atoms with Crippen LogP contribution in [-0.2, 0) is 6.42 Å². The highest BCUT2D eigenvalue weighted by Gasteiger charge is 2.13. The van der Waals surface area contributed by atoms with Crippen LogP contribution in [0.2, 0.25) is 0 Å². The molecule has 0 saturated carbocycles. The molecule has 0 saturated heterocycles. The van der Waals surface area contributed by atoms with Crippen molar-refractivity contribution in [1.82, 2.24) is 9.97 Å². The van der Waals surface area contributed by atoms with Crippen LogP contribution in [0.4, 0.5) is 14.6 Å². The van der Waals surface area contributed by atoms with E-state index in [1.165, 1.54) is 25.6 Å². The minimum Gasteiger partial charge on any atom is -0.496 e. The number of halogens is 3. The molecule has 30 heavy (non-hydrogen) atoms. The van der Waals surface area contributed by atoms with Gasteiger partial charge in [0.2, 0.25) is 0 Å². The fraction of sp³-hybridized carbons (Fsp3) is 0.150. The zero-order valence-corrected chi connectivity index (χ0v) is 17.5. The van der Waals surface area contributed by atoms with E-state index in [2.05, 4.69) is 36.4 Å². The predicted molar refractivity (Wildman–Crippen MR) is 113 cm³/mol. The minimum absolute atomic E-state index is 0.000346. The van der Waals surface area contributed by atoms with E-state index in [0.29, 0.717) is 32.9 Å². The van der Waals surface area contributed by atoms with E-state index in [1.54, 1.807) is 24.3 Å². The molecule has 2 aromatic carbocycles. The normalized spacial score (nSPS) is 11.4. The first kappa shape index (κ1) is 21.4. The SMILES string of the molecule is COc1cc(/C(N)=N/O)ccc1-c1cc(NCCc2c(F)cc(Br)cc2F)ncn1. The lowest BCUT2D eigenvalue weighted by Gasteiger charge is -2.12. The van der Waals surface area contributed by atoms with Gasteiger partial charge in [-0.2, -0.15) is 0 Å². The number of hydrogen-bond donors (Lipinski definition) is 3. The van der Waals surface area contributed by atoms with Crippen LogP contribution >= 0.6 is 15.9 Å². The van der Waals surface area contributed by atoms with Gasteiger partial charge in [-0.15, -0.1) is 0 Å². The third-order valence-electron chi connectivity index (χ3n) is 4.33. The Kier molecular flexibility index (Phi) is 6.78. The Bertz CT molecular complexity index is 1070. The zero-order chi connectivity index (χ0) is 21.7. The van der Waals surface area contributed by atoms with E-state index in [9.17, 15) is 8.78 Å². The Labute approximate surface area is 179 Å². The van der Waals surface area contributed by atoms with Crippen LogP contribution in [0.1, 0.15) is 11.1 Å². The molecule has 0 fully saturated rings. The maximum absolute atomic E-state index is 14.0. The fourth-order valence-electron chi connectivity index (χ4n) is 2.85. The highest BCUT2D eigenvalue weighted by atomic mass is 79.9. The number of nitrogens with zero attached hydrogens (tertiary/aromatic N) is 3. The molecular weight excluding hydrogens is 460 g/mol. The molecule has 3 aromatic rings. The molecule has 0 bridgehead atoms. The van der Waals surface area contributed by atoms with Gasteiger partial charge in [0.05, 0.1) is 12.8 Å². The summed E-state index contributed by atoms with van der Waals surface area (Å²) in [5.41, 5.74) is 7.34. The van der Waals surface area contributed by atoms with Crippen molar-refractivity contribution in [2.24, 2.45) is 10.9 Å². The molecule has 0 atom stereocenters. The predicted octanol–water partition coefficient (Wildman–Crippen LogP) is 3.94. The second-order valence-electron chi connectivity index (χ2n) is 6.21. The fourth-order valence-corrected chi connectivity index (χ4v) is 3.25. The summed E-state index contributed by atoms with van der Waals surface area (Å²) in [6, 6.07) is 9.16. The molecule has 3 rings (SSSR count). The monoisotopic (exact) mass is 477 g/mol. The summed E-state index contributed by atoms with van der Waals surface area (Å²) in [6.07, 6.45) is 1.51. The third-order valence-corrected chi connectivity index (χ3v) is 4.79. The number of anilines is 1. The lowest BCUT2D eigenvalue weighted by molar-refractivity contribution is 0.318. The Balaban J connectivity index is 1.77. The third kappa shape index (κ3) is 4.82. The summed E-state index contributed by atoms with van der Waals surface area (Å²) in [5, 5.41) is 14.8. The minimum atomic E-state index is -0.609. The van der Waals surface area contributed by atoms with E-state index in [4.69, 9.17) is 15.7 Å². The van der Waals surface area contributed by atoms with Gasteiger partial charge in [-0.1, -0.05) is 27.2 Å². The van der Waals surface area contributed by atoms with Crippen molar-refractivity contribution < 1.29 is 18.7 Å². The summed E-state index contributed by atoms with van der Waals surface area (Å²) in [6.45, 7) is 0.269. The molecule has 156 valence electrons. The molecule has 1 heterocycles. The highest BCUT2D eigenvalue weighted by molar-refractivity contribution is 9.10. The van der Waals surface area contributed by atoms with Crippen LogP contribution in [0.3, 0.4) is 0 Å². The molecule has 4 N–H and O–H groups in total. The van der Waals surface area contributed by atoms with Gasteiger partial charge in [-0.05, 0) is 30.7 Å². The molecule has 1 aromatic heterocycles. The van der Waals surface area contributed by atoms with Gasteiger partial charge in [0.1, 0.15) is 29.5 Å². The average molecular weight is 478 g/mol. The molecule has 0 aliphatic rings. The molecule has 0 spiro atoms. The summed E-state index contributed by atoms with van der Waals surface area (Å²) >= 11 is 3.06. The molecular formula is C20H18BrF2N5O2. The van der Waals surface area contributed by atoms with Gasteiger partial charge in [0, 0.05) is 33.8 Å². The first-order chi connectivity index (χ1) is 14.4. The molecule has 0 aliphatic heterocycles. The van der Waals surface area contributed by atoms with Crippen molar-refractivity contribution in [3.05, 3.63) is 70.0 Å². The van der Waals surface area contributed by atoms with E-state index in [0.717, 1.165) is 0 Å². The molecule has 10 heteroatoms. The van der Waals surface area contributed by atoms with Crippen LogP contribution in [-0.4, -0.2) is 34.7 Å². The number of ether oxygens (including phenoxy) is 1. The van der Waals surface area contributed by atoms with Gasteiger partial charge >= 0.3 is 0 Å². The lowest BCUT2D eigenvalue weighted by atomic mass is 10.1. The Hall–Kier alpha value is -3.27. The van der Waals surface area contributed by atoms with Gasteiger partial charge in [0.15, 0.2) is 5.84 Å². The number of amidine groups is 1. The van der Waals surface area contributed by atoms with Gasteiger partial charge in [-0.25, -0.2) is 18.7 Å². The number of methoxy groups -OCH3 is 1. The number of benzene rings is 2. The van der Waals surface area contributed by atoms with Crippen molar-refractivity contribution in [2.75, 3.05) is 19.0 Å². The van der Waals surface area contributed by atoms with Crippen molar-refractivity contribution in [3.8, 4) is 17.0 Å². The van der Waals surface area contributed by atoms with Gasteiger partial charge < -0.3 is 21.0 Å². The molecule has 7 nitrogen and oxygen atoms in total. The van der Waals surface area contributed by atoms with E-state index < -0.39 is 11.6 Å². The summed E-state index contributed by atoms with van der Waals surface area (Å²) in [4.78, 5) is 8.39. The van der Waals surface area contributed by atoms with Crippen molar-refractivity contribution in [2.45, 2.75) is 6.42 Å². The smallest absolute Gasteiger partial charge is 0.170 e. The largest absolute Gasteiger partial charge is 0.496 e. The number of oxime groups is 1. The maximum Gasteiger partial charge on any atom is 0.170 e. The van der Waals surface area contributed by atoms with E-state index >= 15 is 0 Å². The number of hydrogen-bond acceptors (Lipinski definition) is 6. The van der Waals surface area contributed by atoms with Gasteiger partial charge in [-0.3, -0.25) is 0 Å². The zero-order valence-electron chi connectivity index (χ0n) is 15.9. The number of rotatable bonds is 7. The standard InChI is InChI=1S/C20H18BrF2N5O2/c1-30-18-6-11(20(24)28-29)2-3-14(18)17-9-19(27-10-26-17)25-5-4-13-15(22)7-12(21)8-16(13)23/h2-3,6-10,29H,4-5H2,1H3,(H2,24,28)(H,25,26,27). The average Bonchev–Trinajstić information content (AvgIpc) is 2.74. The summed E-state index contributed by atoms with van der Waals surface area (Å²) in [5.74, 6) is -0.300. The van der Waals surface area contributed by atoms with Crippen LogP contribution in [0.5, 0.6) is 5.75 Å². The maximum atomic E-state index is 14.0. The van der Waals surface area contributed by atoms with E-state index in [1.807, 2.05) is 0 Å². The van der Waals surface area contributed by atoms with Crippen LogP contribution < -0.4 is 15.8 Å². The van der Waals surface area contributed by atoms with Crippen LogP contribution in [0.25, 0.3) is 11.3 Å². The second-order valence-corrected chi connectivity index (χ2v) is 7.13. The Morgan fingerprint density at radius 3 is 2.60 bits per heavy atom. The highest BCUT2D eigenvalue weighted by Crippen LogP contribution is 2.30. The molecule has 0 unspecified atom stereocenters. The summed E-state index contributed by atoms with van der Waals surface area (Å²) in [7, 11) is 1.50. The lowest BCUT2D eigenvalue weighted by Crippen LogP contribution is -2.13. The van der Waals surface area contributed by atoms with Gasteiger partial charge in [0.25, 0.3) is 0 Å².